The van der Waals surface area contributed by atoms with Gasteiger partial charge in [0.1, 0.15) is 31.6 Å². The van der Waals surface area contributed by atoms with Crippen LogP contribution >= 0.6 is 11.3 Å². The molecular weight excluding hydrogens is 631 g/mol. The fourth-order valence-corrected chi connectivity index (χ4v) is 6.54. The number of thiophene rings is 1. The molecule has 13 nitrogen and oxygen atoms in total. The van der Waals surface area contributed by atoms with E-state index < -0.39 is 36.1 Å². The molecule has 0 atom stereocenters. The highest BCUT2D eigenvalue weighted by molar-refractivity contribution is 7.86. The van der Waals surface area contributed by atoms with Gasteiger partial charge in [0.25, 0.3) is 20.2 Å². The third-order valence-electron chi connectivity index (χ3n) is 6.12. The zero-order chi connectivity index (χ0) is 31.6. The van der Waals surface area contributed by atoms with Crippen LogP contribution in [0.3, 0.4) is 0 Å². The number of azo groups is 1. The van der Waals surface area contributed by atoms with Crippen molar-refractivity contribution in [3.63, 3.8) is 0 Å². The molecule has 0 aliphatic rings. The van der Waals surface area contributed by atoms with Gasteiger partial charge in [-0.1, -0.05) is 53.8 Å². The number of ether oxygens (including phenoxy) is 1. The molecule has 0 unspecified atom stereocenters. The zero-order valence-electron chi connectivity index (χ0n) is 22.1. The van der Waals surface area contributed by atoms with Crippen LogP contribution in [0.1, 0.15) is 5.56 Å². The Kier molecular flexibility index (Phi) is 8.15. The molecule has 0 saturated carbocycles. The summed E-state index contributed by atoms with van der Waals surface area (Å²) in [5.41, 5.74) is 7.15. The number of carbonyl (C=O) groups is 1. The molecule has 0 radical (unpaired) electrons. The molecule has 44 heavy (non-hydrogen) atoms. The zero-order valence-corrected chi connectivity index (χ0v) is 24.5. The summed E-state index contributed by atoms with van der Waals surface area (Å²) in [5.74, 6) is 0.355. The number of carbonyl (C=O) groups excluding carboxylic acids is 1. The molecule has 16 heteroatoms. The summed E-state index contributed by atoms with van der Waals surface area (Å²) in [6, 6.07) is 22.5. The molecule has 1 heterocycles. The smallest absolute Gasteiger partial charge is 0.410 e. The average Bonchev–Trinajstić information content (AvgIpc) is 3.30. The first-order valence-corrected chi connectivity index (χ1v) is 15.9. The van der Waals surface area contributed by atoms with Gasteiger partial charge in [0, 0.05) is 22.0 Å². The third-order valence-corrected chi connectivity index (χ3v) is 8.83. The van der Waals surface area contributed by atoms with Crippen LogP contribution in [-0.4, -0.2) is 32.0 Å². The fourth-order valence-electron chi connectivity index (χ4n) is 4.25. The Morgan fingerprint density at radius 1 is 0.864 bits per heavy atom. The number of nitriles is 1. The minimum absolute atomic E-state index is 0.0962. The van der Waals surface area contributed by atoms with Gasteiger partial charge in [-0.2, -0.15) is 22.1 Å². The number of benzene rings is 4. The number of hydrogen-bond donors (Lipinski definition) is 4. The van der Waals surface area contributed by atoms with E-state index in [-0.39, 0.29) is 32.0 Å². The number of rotatable bonds is 7. The SMILES string of the molecule is N#Cc1c(N)sc(N=Nc2cc(S(=O)(=O)O)c3cccc(S(=O)(=O)O)c3c2)c1-c1ccc(NC(=O)Oc2ccccc2)cc1. The van der Waals surface area contributed by atoms with Crippen molar-refractivity contribution in [3.05, 3.63) is 90.5 Å². The summed E-state index contributed by atoms with van der Waals surface area (Å²) in [7, 11) is -9.65. The lowest BCUT2D eigenvalue weighted by Crippen LogP contribution is -2.16. The number of anilines is 2. The predicted octanol–water partition coefficient (Wildman–Crippen LogP) is 6.54. The van der Waals surface area contributed by atoms with Crippen molar-refractivity contribution in [1.29, 1.82) is 5.26 Å². The van der Waals surface area contributed by atoms with Gasteiger partial charge in [0.2, 0.25) is 0 Å². The normalized spacial score (nSPS) is 11.8. The molecule has 0 fully saturated rings. The topological polar surface area (TPSA) is 222 Å². The van der Waals surface area contributed by atoms with Crippen molar-refractivity contribution in [2.24, 2.45) is 10.2 Å². The van der Waals surface area contributed by atoms with Crippen LogP contribution in [0.25, 0.3) is 21.9 Å². The molecule has 0 aliphatic carbocycles. The second-order valence-electron chi connectivity index (χ2n) is 8.98. The summed E-state index contributed by atoms with van der Waals surface area (Å²) in [5, 5.41) is 20.4. The van der Waals surface area contributed by atoms with Gasteiger partial charge in [-0.25, -0.2) is 4.79 Å². The largest absolute Gasteiger partial charge is 0.417 e. The fraction of sp³-hybridized carbons (Fsp3) is 0. The Morgan fingerprint density at radius 3 is 2.18 bits per heavy atom. The van der Waals surface area contributed by atoms with Crippen LogP contribution in [0.5, 0.6) is 5.75 Å². The molecule has 5 rings (SSSR count). The van der Waals surface area contributed by atoms with E-state index in [4.69, 9.17) is 10.5 Å². The molecule has 0 spiro atoms. The molecule has 4 aromatic carbocycles. The molecule has 5 N–H and O–H groups in total. The molecule has 0 bridgehead atoms. The van der Waals surface area contributed by atoms with Crippen LogP contribution in [0.2, 0.25) is 0 Å². The highest BCUT2D eigenvalue weighted by atomic mass is 32.2. The van der Waals surface area contributed by atoms with Crippen LogP contribution in [0.4, 0.5) is 26.2 Å². The number of amides is 1. The molecule has 222 valence electrons. The molecule has 1 amide bonds. The van der Waals surface area contributed by atoms with Gasteiger partial charge in [-0.15, -0.1) is 10.2 Å². The van der Waals surface area contributed by atoms with Gasteiger partial charge in [-0.3, -0.25) is 14.4 Å². The van der Waals surface area contributed by atoms with Gasteiger partial charge in [0.05, 0.1) is 11.3 Å². The van der Waals surface area contributed by atoms with Crippen molar-refractivity contribution in [3.8, 4) is 22.9 Å². The maximum Gasteiger partial charge on any atom is 0.417 e. The Labute approximate surface area is 254 Å². The summed E-state index contributed by atoms with van der Waals surface area (Å²) in [6.07, 6.45) is -0.715. The van der Waals surface area contributed by atoms with E-state index in [1.54, 1.807) is 54.6 Å². The average molecular weight is 650 g/mol. The Morgan fingerprint density at radius 2 is 1.55 bits per heavy atom. The summed E-state index contributed by atoms with van der Waals surface area (Å²) in [6.45, 7) is 0. The monoisotopic (exact) mass is 649 g/mol. The van der Waals surface area contributed by atoms with Crippen molar-refractivity contribution in [1.82, 2.24) is 0 Å². The maximum atomic E-state index is 12.2. The van der Waals surface area contributed by atoms with Crippen LogP contribution < -0.4 is 15.8 Å². The van der Waals surface area contributed by atoms with E-state index in [0.717, 1.165) is 23.5 Å². The van der Waals surface area contributed by atoms with E-state index in [2.05, 4.69) is 15.5 Å². The first kappa shape index (κ1) is 30.3. The van der Waals surface area contributed by atoms with Crippen LogP contribution in [-0.2, 0) is 20.2 Å². The summed E-state index contributed by atoms with van der Waals surface area (Å²) < 4.78 is 72.9. The highest BCUT2D eigenvalue weighted by Crippen LogP contribution is 2.45. The minimum Gasteiger partial charge on any atom is -0.410 e. The standard InChI is InChI=1S/C28H19N5O8S3/c29-15-22-25(16-9-11-17(12-10-16)31-28(34)41-19-5-2-1-3-6-19)27(42-26(22)30)33-32-18-13-21-20(24(14-18)44(38,39)40)7-4-8-23(21)43(35,36)37/h1-14H,30H2,(H,31,34)(H,35,36,37)(H,38,39,40). The van der Waals surface area contributed by atoms with Gasteiger partial charge in [0.15, 0.2) is 0 Å². The number of fused-ring (bicyclic) bond motifs is 1. The highest BCUT2D eigenvalue weighted by Gasteiger charge is 2.22. The molecule has 0 saturated heterocycles. The molecule has 1 aromatic heterocycles. The van der Waals surface area contributed by atoms with E-state index in [1.807, 2.05) is 6.07 Å². The molecule has 0 aliphatic heterocycles. The van der Waals surface area contributed by atoms with Crippen molar-refractivity contribution in [2.75, 3.05) is 11.1 Å². The number of nitrogen functional groups attached to an aromatic ring is 1. The number of nitrogens with two attached hydrogens (primary N) is 1. The van der Waals surface area contributed by atoms with E-state index >= 15 is 0 Å². The van der Waals surface area contributed by atoms with E-state index in [9.17, 15) is 36.0 Å². The maximum absolute atomic E-state index is 12.2. The van der Waals surface area contributed by atoms with Crippen molar-refractivity contribution in [2.45, 2.75) is 9.79 Å². The second kappa shape index (κ2) is 11.8. The van der Waals surface area contributed by atoms with Crippen LogP contribution in [0.15, 0.2) is 105 Å². The second-order valence-corrected chi connectivity index (χ2v) is 12.8. The van der Waals surface area contributed by atoms with E-state index in [1.165, 1.54) is 18.2 Å². The Balaban J connectivity index is 1.51. The number of para-hydroxylation sites is 1. The lowest BCUT2D eigenvalue weighted by molar-refractivity contribution is 0.215. The van der Waals surface area contributed by atoms with Crippen molar-refractivity contribution >= 4 is 69.8 Å². The van der Waals surface area contributed by atoms with Gasteiger partial charge < -0.3 is 10.5 Å². The van der Waals surface area contributed by atoms with Crippen molar-refractivity contribution < 1.29 is 35.5 Å². The molecular formula is C28H19N5O8S3. The minimum atomic E-state index is -4.86. The van der Waals surface area contributed by atoms with Crippen LogP contribution in [0, 0.1) is 11.3 Å². The first-order chi connectivity index (χ1) is 20.8. The molecule has 5 aromatic rings. The lowest BCUT2D eigenvalue weighted by atomic mass is 10.0. The lowest BCUT2D eigenvalue weighted by Gasteiger charge is -2.09. The van der Waals surface area contributed by atoms with E-state index in [0.29, 0.717) is 22.6 Å². The summed E-state index contributed by atoms with van der Waals surface area (Å²) in [4.78, 5) is 11.0. The Hall–Kier alpha value is -5.18. The quantitative estimate of drug-likeness (QED) is 0.110. The van der Waals surface area contributed by atoms with Gasteiger partial charge in [-0.05, 0) is 48.0 Å². The number of nitrogens with zero attached hydrogens (tertiary/aromatic N) is 3. The number of nitrogens with one attached hydrogen (secondary N) is 1. The summed E-state index contributed by atoms with van der Waals surface area (Å²) >= 11 is 0.918. The Bertz CT molecular complexity index is 2210. The number of hydrogen-bond acceptors (Lipinski definition) is 11. The van der Waals surface area contributed by atoms with Gasteiger partial charge >= 0.3 is 6.09 Å². The third kappa shape index (κ3) is 6.41. The predicted molar refractivity (Wildman–Crippen MR) is 163 cm³/mol. The first-order valence-electron chi connectivity index (χ1n) is 12.3.